The molecule has 0 atom stereocenters. The molecule has 0 unspecified atom stereocenters. The molecule has 2 N–H and O–H groups in total. The van der Waals surface area contributed by atoms with E-state index in [1.54, 1.807) is 19.3 Å². The predicted molar refractivity (Wildman–Crippen MR) is 102 cm³/mol. The van der Waals surface area contributed by atoms with Gasteiger partial charge in [-0.15, -0.1) is 0 Å². The van der Waals surface area contributed by atoms with Crippen LogP contribution in [0.4, 0.5) is 5.69 Å². The zero-order valence-corrected chi connectivity index (χ0v) is 15.2. The topological polar surface area (TPSA) is 73.4 Å². The van der Waals surface area contributed by atoms with Crippen LogP contribution < -0.4 is 10.7 Å². The van der Waals surface area contributed by atoms with Crippen molar-refractivity contribution in [2.24, 2.45) is 0 Å². The number of rotatable bonds is 5. The maximum atomic E-state index is 12.2. The van der Waals surface area contributed by atoms with Crippen molar-refractivity contribution in [1.82, 2.24) is 9.66 Å². The van der Waals surface area contributed by atoms with Crippen LogP contribution in [0.25, 0.3) is 21.8 Å². The van der Waals surface area contributed by atoms with Crippen molar-refractivity contribution in [3.8, 4) is 0 Å². The van der Waals surface area contributed by atoms with Crippen LogP contribution >= 0.6 is 0 Å². The Morgan fingerprint density at radius 2 is 1.96 bits per heavy atom. The summed E-state index contributed by atoms with van der Waals surface area (Å²) in [4.78, 5) is 19.1. The first-order chi connectivity index (χ1) is 12.0. The van der Waals surface area contributed by atoms with Crippen LogP contribution in [0, 0.1) is 6.92 Å². The van der Waals surface area contributed by atoms with E-state index in [1.165, 1.54) is 4.68 Å². The van der Waals surface area contributed by atoms with Crippen LogP contribution in [0.5, 0.6) is 0 Å². The Bertz CT molecular complexity index is 942. The minimum Gasteiger partial charge on any atom is -0.462 e. The minimum absolute atomic E-state index is 0.322. The average Bonchev–Trinajstić information content (AvgIpc) is 2.94. The number of nitrogens with zero attached hydrogens (tertiary/aromatic N) is 3. The number of carbonyl (C=O) groups excluding carboxylic acids is 1. The fraction of sp³-hybridized carbons (Fsp3) is 0.368. The number of hydrogen-bond donors (Lipinski definition) is 1. The molecular weight excluding hydrogens is 316 g/mol. The second kappa shape index (κ2) is 6.63. The van der Waals surface area contributed by atoms with Gasteiger partial charge in [0.1, 0.15) is 0 Å². The Hall–Kier alpha value is -2.76. The van der Waals surface area contributed by atoms with Crippen molar-refractivity contribution in [3.63, 3.8) is 0 Å². The lowest BCUT2D eigenvalue weighted by atomic mass is 10.1. The van der Waals surface area contributed by atoms with Crippen LogP contribution in [0.2, 0.25) is 0 Å². The number of anilines is 1. The van der Waals surface area contributed by atoms with Gasteiger partial charge in [-0.05, 0) is 45.4 Å². The van der Waals surface area contributed by atoms with Crippen molar-refractivity contribution in [1.29, 1.82) is 0 Å². The summed E-state index contributed by atoms with van der Waals surface area (Å²) in [5, 5.41) is 1.65. The van der Waals surface area contributed by atoms with Gasteiger partial charge >= 0.3 is 5.97 Å². The first-order valence-electron chi connectivity index (χ1n) is 8.63. The third kappa shape index (κ3) is 2.77. The van der Waals surface area contributed by atoms with Crippen molar-refractivity contribution in [2.75, 3.05) is 30.4 Å². The fourth-order valence-corrected chi connectivity index (χ4v) is 3.34. The summed E-state index contributed by atoms with van der Waals surface area (Å²) in [6.07, 6.45) is 3.32. The number of esters is 1. The summed E-state index contributed by atoms with van der Waals surface area (Å²) in [5.41, 5.74) is 4.34. The highest BCUT2D eigenvalue weighted by molar-refractivity contribution is 6.13. The number of ether oxygens (including phenoxy) is 1. The van der Waals surface area contributed by atoms with E-state index in [-0.39, 0.29) is 5.97 Å². The molecule has 0 saturated carbocycles. The van der Waals surface area contributed by atoms with Crippen LogP contribution in [0.3, 0.4) is 0 Å². The van der Waals surface area contributed by atoms with Crippen molar-refractivity contribution in [3.05, 3.63) is 35.7 Å². The van der Waals surface area contributed by atoms with E-state index in [0.29, 0.717) is 17.6 Å². The summed E-state index contributed by atoms with van der Waals surface area (Å²) in [5.74, 6) is 5.81. The van der Waals surface area contributed by atoms with Gasteiger partial charge in [-0.1, -0.05) is 0 Å². The molecular formula is C19H24N4O2. The Kier molecular flexibility index (Phi) is 4.53. The molecule has 132 valence electrons. The molecule has 2 aromatic heterocycles. The summed E-state index contributed by atoms with van der Waals surface area (Å²) in [6.45, 7) is 10.3. The molecule has 25 heavy (non-hydrogen) atoms. The van der Waals surface area contributed by atoms with Gasteiger partial charge in [-0.2, -0.15) is 0 Å². The Labute approximate surface area is 147 Å². The number of nitrogen functional groups attached to an aromatic ring is 1. The van der Waals surface area contributed by atoms with E-state index in [0.717, 1.165) is 40.8 Å². The molecule has 0 bridgehead atoms. The molecule has 0 aliphatic carbocycles. The number of aryl methyl sites for hydroxylation is 1. The molecule has 3 aromatic rings. The number of hydrogen-bond acceptors (Lipinski definition) is 5. The molecule has 6 nitrogen and oxygen atoms in total. The van der Waals surface area contributed by atoms with E-state index < -0.39 is 0 Å². The lowest BCUT2D eigenvalue weighted by Crippen LogP contribution is -2.21. The number of aromatic nitrogens is 2. The van der Waals surface area contributed by atoms with Gasteiger partial charge in [0.05, 0.1) is 23.2 Å². The van der Waals surface area contributed by atoms with Crippen LogP contribution in [-0.4, -0.2) is 35.3 Å². The van der Waals surface area contributed by atoms with Crippen LogP contribution in [0.1, 0.15) is 36.7 Å². The molecule has 6 heteroatoms. The third-order valence-electron chi connectivity index (χ3n) is 4.56. The van der Waals surface area contributed by atoms with E-state index in [1.807, 2.05) is 6.92 Å². The lowest BCUT2D eigenvalue weighted by molar-refractivity contribution is 0.0528. The van der Waals surface area contributed by atoms with Gasteiger partial charge in [-0.3, -0.25) is 9.66 Å². The molecule has 0 fully saturated rings. The van der Waals surface area contributed by atoms with Gasteiger partial charge in [0, 0.05) is 41.9 Å². The van der Waals surface area contributed by atoms with Gasteiger partial charge in [0.2, 0.25) is 0 Å². The molecule has 0 saturated heterocycles. The zero-order valence-electron chi connectivity index (χ0n) is 15.2. The number of carbonyl (C=O) groups is 1. The fourth-order valence-electron chi connectivity index (χ4n) is 3.34. The highest BCUT2D eigenvalue weighted by Gasteiger charge is 2.19. The van der Waals surface area contributed by atoms with Crippen molar-refractivity contribution < 1.29 is 9.53 Å². The normalized spacial score (nSPS) is 11.2. The number of pyridine rings is 1. The van der Waals surface area contributed by atoms with E-state index in [4.69, 9.17) is 10.6 Å². The SMILES string of the molecule is CCOC(=O)c1cn(N)c2c1cnc1c(C)cc(N(CC)CC)cc12. The quantitative estimate of drug-likeness (QED) is 0.570. The lowest BCUT2D eigenvalue weighted by Gasteiger charge is -2.22. The first kappa shape index (κ1) is 17.1. The predicted octanol–water partition coefficient (Wildman–Crippen LogP) is 3.23. The maximum Gasteiger partial charge on any atom is 0.340 e. The van der Waals surface area contributed by atoms with E-state index in [9.17, 15) is 4.79 Å². The van der Waals surface area contributed by atoms with Crippen LogP contribution in [0.15, 0.2) is 24.5 Å². The smallest absolute Gasteiger partial charge is 0.340 e. The Morgan fingerprint density at radius 3 is 2.60 bits per heavy atom. The second-order valence-corrected chi connectivity index (χ2v) is 6.02. The molecule has 2 heterocycles. The van der Waals surface area contributed by atoms with Gasteiger partial charge in [0.25, 0.3) is 0 Å². The summed E-state index contributed by atoms with van der Waals surface area (Å²) in [6, 6.07) is 4.24. The van der Waals surface area contributed by atoms with Crippen LogP contribution in [-0.2, 0) is 4.74 Å². The van der Waals surface area contributed by atoms with Gasteiger partial charge in [0.15, 0.2) is 0 Å². The van der Waals surface area contributed by atoms with E-state index >= 15 is 0 Å². The zero-order chi connectivity index (χ0) is 18.1. The van der Waals surface area contributed by atoms with E-state index in [2.05, 4.69) is 35.9 Å². The Balaban J connectivity index is 2.31. The van der Waals surface area contributed by atoms with Crippen molar-refractivity contribution >= 4 is 33.5 Å². The van der Waals surface area contributed by atoms with Gasteiger partial charge < -0.3 is 15.5 Å². The monoisotopic (exact) mass is 340 g/mol. The average molecular weight is 340 g/mol. The molecule has 0 aliphatic rings. The molecule has 0 aliphatic heterocycles. The number of benzene rings is 1. The molecule has 3 rings (SSSR count). The second-order valence-electron chi connectivity index (χ2n) is 6.02. The third-order valence-corrected chi connectivity index (χ3v) is 4.56. The minimum atomic E-state index is -0.380. The highest BCUT2D eigenvalue weighted by atomic mass is 16.5. The molecule has 1 aromatic carbocycles. The van der Waals surface area contributed by atoms with Gasteiger partial charge in [-0.25, -0.2) is 4.79 Å². The molecule has 0 spiro atoms. The maximum absolute atomic E-state index is 12.2. The number of nitrogens with two attached hydrogens (primary N) is 1. The summed E-state index contributed by atoms with van der Waals surface area (Å²) >= 11 is 0. The Morgan fingerprint density at radius 1 is 1.24 bits per heavy atom. The first-order valence-corrected chi connectivity index (χ1v) is 8.63. The number of fused-ring (bicyclic) bond motifs is 3. The largest absolute Gasteiger partial charge is 0.462 e. The summed E-state index contributed by atoms with van der Waals surface area (Å²) < 4.78 is 6.64. The molecule has 0 radical (unpaired) electrons. The van der Waals surface area contributed by atoms with Crippen molar-refractivity contribution in [2.45, 2.75) is 27.7 Å². The molecule has 0 amide bonds. The highest BCUT2D eigenvalue weighted by Crippen LogP contribution is 2.32. The summed E-state index contributed by atoms with van der Waals surface area (Å²) in [7, 11) is 0. The standard InChI is InChI=1S/C19H24N4O2/c1-5-22(6-2)13-8-12(4)17-14(9-13)18-15(10-21-17)16(11-23(18)20)19(24)25-7-3/h8-11H,5-7,20H2,1-4H3.